The number of benzene rings is 3. The van der Waals surface area contributed by atoms with Crippen LogP contribution in [0.5, 0.6) is 5.75 Å². The molecule has 6 atom stereocenters. The van der Waals surface area contributed by atoms with Crippen LogP contribution in [0.2, 0.25) is 23.2 Å². The second-order valence-electron chi connectivity index (χ2n) is 16.8. The monoisotopic (exact) mass is 772 g/mol. The summed E-state index contributed by atoms with van der Waals surface area (Å²) in [5.74, 6) is 0.306. The smallest absolute Gasteiger partial charge is 0.330 e. The number of rotatable bonds is 13. The molecule has 10 heteroatoms. The third-order valence-corrected chi connectivity index (χ3v) is 20.5. The number of carbonyl (C=O) groups is 1. The lowest BCUT2D eigenvalue weighted by Gasteiger charge is -2.50. The zero-order chi connectivity index (χ0) is 39.1. The fraction of sp³-hybridized carbons (Fsp3) is 0.477. The van der Waals surface area contributed by atoms with Crippen LogP contribution in [-0.4, -0.2) is 80.1 Å². The van der Waals surface area contributed by atoms with E-state index in [0.29, 0.717) is 19.6 Å². The molecule has 0 saturated carbocycles. The molecule has 2 heterocycles. The molecule has 0 aliphatic carbocycles. The molecule has 2 aliphatic rings. The Labute approximate surface area is 325 Å². The van der Waals surface area contributed by atoms with Crippen LogP contribution < -0.4 is 15.1 Å². The van der Waals surface area contributed by atoms with Crippen molar-refractivity contribution >= 4 is 33.0 Å². The van der Waals surface area contributed by atoms with Gasteiger partial charge in [-0.05, 0) is 63.7 Å². The first kappa shape index (κ1) is 41.8. The van der Waals surface area contributed by atoms with Gasteiger partial charge in [-0.2, -0.15) is 0 Å². The summed E-state index contributed by atoms with van der Waals surface area (Å²) in [5, 5.41) is 2.15. The average Bonchev–Trinajstić information content (AvgIpc) is 3.35. The summed E-state index contributed by atoms with van der Waals surface area (Å²) >= 11 is 0. The first-order valence-corrected chi connectivity index (χ1v) is 23.8. The van der Waals surface area contributed by atoms with Gasteiger partial charge in [0.15, 0.2) is 8.32 Å². The summed E-state index contributed by atoms with van der Waals surface area (Å²) in [7, 11) is -2.23. The zero-order valence-electron chi connectivity index (χ0n) is 33.7. The third kappa shape index (κ3) is 9.53. The van der Waals surface area contributed by atoms with Gasteiger partial charge in [-0.1, -0.05) is 126 Å². The summed E-state index contributed by atoms with van der Waals surface area (Å²) in [6.07, 6.45) is 5.07. The predicted octanol–water partition coefficient (Wildman–Crippen LogP) is 7.76. The van der Waals surface area contributed by atoms with Crippen LogP contribution >= 0.6 is 0 Å². The Balaban J connectivity index is 1.52. The lowest BCUT2D eigenvalue weighted by molar-refractivity contribution is -0.238. The van der Waals surface area contributed by atoms with E-state index in [1.807, 2.05) is 24.3 Å². The van der Waals surface area contributed by atoms with Crippen LogP contribution in [0.3, 0.4) is 0 Å². The van der Waals surface area contributed by atoms with Crippen molar-refractivity contribution in [3.8, 4) is 5.75 Å². The topological polar surface area (TPSA) is 81.7 Å². The molecule has 0 aromatic heterocycles. The van der Waals surface area contributed by atoms with Crippen molar-refractivity contribution in [2.45, 2.75) is 114 Å². The number of ether oxygens (including phenoxy) is 5. The van der Waals surface area contributed by atoms with Gasteiger partial charge in [-0.3, -0.25) is 0 Å². The molecule has 0 unspecified atom stereocenters. The highest BCUT2D eigenvalue weighted by molar-refractivity contribution is 6.99. The highest BCUT2D eigenvalue weighted by Crippen LogP contribution is 2.42. The van der Waals surface area contributed by atoms with E-state index in [1.54, 1.807) is 13.2 Å². The lowest BCUT2D eigenvalue weighted by Crippen LogP contribution is -2.67. The molecule has 0 radical (unpaired) electrons. The Morgan fingerprint density at radius 2 is 1.43 bits per heavy atom. The minimum Gasteiger partial charge on any atom is -0.497 e. The van der Waals surface area contributed by atoms with Gasteiger partial charge in [-0.25, -0.2) is 4.79 Å². The summed E-state index contributed by atoms with van der Waals surface area (Å²) in [5.41, 5.74) is 0.972. The van der Waals surface area contributed by atoms with Crippen LogP contribution in [0.1, 0.15) is 53.5 Å². The number of esters is 1. The second kappa shape index (κ2) is 17.6. The summed E-state index contributed by atoms with van der Waals surface area (Å²) in [4.78, 5) is 12.4. The quantitative estimate of drug-likeness (QED) is 0.0756. The first-order chi connectivity index (χ1) is 25.6. The second-order valence-corrected chi connectivity index (χ2v) is 25.8. The Bertz CT molecular complexity index is 1660. The van der Waals surface area contributed by atoms with E-state index in [-0.39, 0.29) is 22.3 Å². The molecule has 0 spiro atoms. The Morgan fingerprint density at radius 3 is 1.96 bits per heavy atom. The van der Waals surface area contributed by atoms with Crippen LogP contribution in [0.4, 0.5) is 0 Å². The van der Waals surface area contributed by atoms with Crippen molar-refractivity contribution in [2.24, 2.45) is 0 Å². The molecule has 54 heavy (non-hydrogen) atoms. The van der Waals surface area contributed by atoms with E-state index >= 15 is 0 Å². The Hall–Kier alpha value is -3.36. The highest BCUT2D eigenvalue weighted by atomic mass is 28.4. The molecular formula is C44H60O8Si2. The van der Waals surface area contributed by atoms with Crippen molar-refractivity contribution in [3.63, 3.8) is 0 Å². The number of hydrogen-bond acceptors (Lipinski definition) is 8. The van der Waals surface area contributed by atoms with E-state index in [2.05, 4.69) is 127 Å². The van der Waals surface area contributed by atoms with E-state index in [9.17, 15) is 4.79 Å². The fourth-order valence-corrected chi connectivity index (χ4v) is 13.0. The first-order valence-electron chi connectivity index (χ1n) is 19.0. The van der Waals surface area contributed by atoms with Crippen molar-refractivity contribution in [1.82, 2.24) is 0 Å². The van der Waals surface area contributed by atoms with Crippen LogP contribution in [0.25, 0.3) is 0 Å². The highest BCUT2D eigenvalue weighted by Gasteiger charge is 2.53. The number of hydrogen-bond donors (Lipinski definition) is 0. The molecule has 0 N–H and O–H groups in total. The van der Waals surface area contributed by atoms with Gasteiger partial charge in [0.2, 0.25) is 0 Å². The summed E-state index contributed by atoms with van der Waals surface area (Å²) < 4.78 is 45.8. The van der Waals surface area contributed by atoms with Crippen LogP contribution in [0, 0.1) is 0 Å². The molecular weight excluding hydrogens is 713 g/mol. The third-order valence-electron chi connectivity index (χ3n) is 11.1. The normalized spacial score (nSPS) is 23.8. The van der Waals surface area contributed by atoms with Gasteiger partial charge in [0.05, 0.1) is 39.6 Å². The largest absolute Gasteiger partial charge is 0.497 e. The lowest BCUT2D eigenvalue weighted by atomic mass is 9.92. The van der Waals surface area contributed by atoms with Gasteiger partial charge in [0.1, 0.15) is 30.2 Å². The molecule has 3 aromatic carbocycles. The molecule has 0 bridgehead atoms. The van der Waals surface area contributed by atoms with Gasteiger partial charge >= 0.3 is 5.97 Å². The van der Waals surface area contributed by atoms with Gasteiger partial charge in [-0.15, -0.1) is 0 Å². The van der Waals surface area contributed by atoms with Gasteiger partial charge < -0.3 is 32.5 Å². The molecule has 1 fully saturated rings. The molecule has 2 aliphatic heterocycles. The maximum Gasteiger partial charge on any atom is 0.330 e. The van der Waals surface area contributed by atoms with Crippen molar-refractivity contribution in [3.05, 3.63) is 115 Å². The molecule has 0 amide bonds. The van der Waals surface area contributed by atoms with Crippen LogP contribution in [-0.2, 0) is 39.2 Å². The Morgan fingerprint density at radius 1 is 0.815 bits per heavy atom. The fourth-order valence-electron chi connectivity index (χ4n) is 7.12. The van der Waals surface area contributed by atoms with Gasteiger partial charge in [0, 0.05) is 6.08 Å². The zero-order valence-corrected chi connectivity index (χ0v) is 35.7. The number of methoxy groups -OCH3 is 2. The SMILES string of the molecule is COC(=O)/C=C/[C@H]1O[C@H]2CC=C[C@H](CO[Si](c3ccccc3)(c3ccccc3)C(C)(C)C)O[C@@H]2[C@@H](O[Si](C)(C)C(C)(C)C)[C@@H]1OCc1ccc(OC)cc1. The van der Waals surface area contributed by atoms with E-state index < -0.39 is 47.0 Å². The standard InChI is InChI=1S/C44H60O8Si2/c1-43(2,3)53(9,10)52-42-40(48-30-32-24-26-33(46-7)27-25-32)38(28-29-39(45)47-8)51-37-23-17-18-34(50-41(37)42)31-49-54(44(4,5)6,35-19-13-11-14-20-35)36-21-15-12-16-22-36/h11-22,24-29,34,37-38,40-42H,23,30-31H2,1-10H3/b29-28+/t34-,37+,38-,40-,41+,42+/m1/s1. The van der Waals surface area contributed by atoms with Crippen molar-refractivity contribution in [1.29, 1.82) is 0 Å². The molecule has 292 valence electrons. The maximum atomic E-state index is 12.4. The molecule has 5 rings (SSSR count). The van der Waals surface area contributed by atoms with Crippen molar-refractivity contribution in [2.75, 3.05) is 20.8 Å². The minimum atomic E-state index is -2.84. The molecule has 3 aromatic rings. The minimum absolute atomic E-state index is 0.0898. The van der Waals surface area contributed by atoms with E-state index in [1.165, 1.54) is 23.6 Å². The average molecular weight is 773 g/mol. The summed E-state index contributed by atoms with van der Waals surface area (Å²) in [6.45, 7) is 18.7. The van der Waals surface area contributed by atoms with Gasteiger partial charge in [0.25, 0.3) is 8.32 Å². The number of carbonyl (C=O) groups excluding carboxylic acids is 1. The Kier molecular flexibility index (Phi) is 13.6. The molecule has 8 nitrogen and oxygen atoms in total. The van der Waals surface area contributed by atoms with Crippen LogP contribution in [0.15, 0.2) is 109 Å². The maximum absolute atomic E-state index is 12.4. The van der Waals surface area contributed by atoms with Crippen molar-refractivity contribution < 1.29 is 37.3 Å². The van der Waals surface area contributed by atoms with E-state index in [4.69, 9.17) is 32.5 Å². The number of fused-ring (bicyclic) bond motifs is 1. The summed E-state index contributed by atoms with van der Waals surface area (Å²) in [6, 6.07) is 29.1. The molecule has 1 saturated heterocycles. The predicted molar refractivity (Wildman–Crippen MR) is 219 cm³/mol. The van der Waals surface area contributed by atoms with E-state index in [0.717, 1.165) is 11.3 Å².